The van der Waals surface area contributed by atoms with E-state index in [2.05, 4.69) is 16.2 Å². The van der Waals surface area contributed by atoms with Crippen molar-refractivity contribution in [2.24, 2.45) is 11.1 Å². The predicted octanol–water partition coefficient (Wildman–Crippen LogP) is 0.526. The summed E-state index contributed by atoms with van der Waals surface area (Å²) < 4.78 is 4.23. The molecule has 2 amide bonds. The number of hydroxylamine groups is 1. The molecule has 7 heteroatoms. The Hall–Kier alpha value is -2.31. The predicted molar refractivity (Wildman–Crippen MR) is 60.5 cm³/mol. The second-order valence-electron chi connectivity index (χ2n) is 3.73. The highest BCUT2D eigenvalue weighted by Gasteiger charge is 2.44. The minimum atomic E-state index is -1.39. The first-order valence-electron chi connectivity index (χ1n) is 5.26. The van der Waals surface area contributed by atoms with Crippen LogP contribution in [0, 0.1) is 5.41 Å². The molecule has 0 aliphatic heterocycles. The van der Waals surface area contributed by atoms with Crippen LogP contribution in [0.4, 0.5) is 4.79 Å². The van der Waals surface area contributed by atoms with E-state index in [0.717, 1.165) is 6.26 Å². The number of nitrogens with two attached hydrogens (primary N) is 1. The minimum Gasteiger partial charge on any atom is -0.402 e. The van der Waals surface area contributed by atoms with Gasteiger partial charge in [0.2, 0.25) is 5.91 Å². The van der Waals surface area contributed by atoms with Gasteiger partial charge in [0, 0.05) is 0 Å². The SMILES string of the molecule is C=COC(=O)ONC(=O)C1(C(N)=O)CC=CCC1. The van der Waals surface area contributed by atoms with E-state index in [-0.39, 0.29) is 12.8 Å². The third-order valence-corrected chi connectivity index (χ3v) is 2.68. The highest BCUT2D eigenvalue weighted by atomic mass is 16.8. The zero-order valence-corrected chi connectivity index (χ0v) is 9.68. The zero-order valence-electron chi connectivity index (χ0n) is 9.68. The van der Waals surface area contributed by atoms with Gasteiger partial charge in [-0.2, -0.15) is 5.48 Å². The lowest BCUT2D eigenvalue weighted by atomic mass is 9.76. The first kappa shape index (κ1) is 13.8. The van der Waals surface area contributed by atoms with Crippen LogP contribution < -0.4 is 11.2 Å². The van der Waals surface area contributed by atoms with Crippen molar-refractivity contribution >= 4 is 18.0 Å². The lowest BCUT2D eigenvalue weighted by molar-refractivity contribution is -0.149. The molecule has 0 radical (unpaired) electrons. The average molecular weight is 254 g/mol. The summed E-state index contributed by atoms with van der Waals surface area (Å²) in [6.45, 7) is 3.14. The monoisotopic (exact) mass is 254 g/mol. The van der Waals surface area contributed by atoms with E-state index in [0.29, 0.717) is 6.42 Å². The molecule has 1 aliphatic rings. The van der Waals surface area contributed by atoms with E-state index in [1.165, 1.54) is 0 Å². The second-order valence-corrected chi connectivity index (χ2v) is 3.73. The van der Waals surface area contributed by atoms with Crippen LogP contribution in [0.3, 0.4) is 0 Å². The molecule has 0 bridgehead atoms. The Balaban J connectivity index is 2.67. The number of rotatable bonds is 3. The molecule has 1 rings (SSSR count). The number of nitrogens with one attached hydrogen (secondary N) is 1. The molecule has 0 saturated heterocycles. The summed E-state index contributed by atoms with van der Waals surface area (Å²) in [6, 6.07) is 0. The number of hydrogen-bond donors (Lipinski definition) is 2. The van der Waals surface area contributed by atoms with Crippen LogP contribution in [0.1, 0.15) is 19.3 Å². The number of carbonyl (C=O) groups excluding carboxylic acids is 3. The van der Waals surface area contributed by atoms with Crippen molar-refractivity contribution in [1.29, 1.82) is 0 Å². The first-order valence-corrected chi connectivity index (χ1v) is 5.26. The quantitative estimate of drug-likeness (QED) is 0.251. The van der Waals surface area contributed by atoms with Crippen molar-refractivity contribution < 1.29 is 24.0 Å². The van der Waals surface area contributed by atoms with Crippen LogP contribution in [-0.4, -0.2) is 18.0 Å². The van der Waals surface area contributed by atoms with E-state index >= 15 is 0 Å². The van der Waals surface area contributed by atoms with Gasteiger partial charge in [-0.05, 0) is 19.3 Å². The van der Waals surface area contributed by atoms with E-state index in [1.807, 2.05) is 11.6 Å². The summed E-state index contributed by atoms with van der Waals surface area (Å²) >= 11 is 0. The van der Waals surface area contributed by atoms with Gasteiger partial charge in [-0.25, -0.2) is 4.79 Å². The van der Waals surface area contributed by atoms with E-state index in [1.54, 1.807) is 6.08 Å². The molecule has 98 valence electrons. The van der Waals surface area contributed by atoms with E-state index in [9.17, 15) is 14.4 Å². The number of ether oxygens (including phenoxy) is 1. The molecule has 0 aromatic rings. The zero-order chi connectivity index (χ0) is 13.6. The van der Waals surface area contributed by atoms with Crippen LogP contribution in [0.25, 0.3) is 0 Å². The smallest absolute Gasteiger partial charge is 0.402 e. The maximum Gasteiger partial charge on any atom is 0.538 e. The molecule has 18 heavy (non-hydrogen) atoms. The fourth-order valence-corrected chi connectivity index (χ4v) is 1.65. The Bertz CT molecular complexity index is 404. The summed E-state index contributed by atoms with van der Waals surface area (Å²) in [7, 11) is 0. The minimum absolute atomic E-state index is 0.175. The lowest BCUT2D eigenvalue weighted by Gasteiger charge is -2.29. The normalized spacial score (nSPS) is 21.8. The van der Waals surface area contributed by atoms with Crippen molar-refractivity contribution in [2.75, 3.05) is 0 Å². The second kappa shape index (κ2) is 5.85. The van der Waals surface area contributed by atoms with Crippen molar-refractivity contribution in [2.45, 2.75) is 19.3 Å². The summed E-state index contributed by atoms with van der Waals surface area (Å²) in [5, 5.41) is 0. The van der Waals surface area contributed by atoms with Gasteiger partial charge in [0.1, 0.15) is 5.41 Å². The van der Waals surface area contributed by atoms with Crippen molar-refractivity contribution in [3.05, 3.63) is 25.0 Å². The third-order valence-electron chi connectivity index (χ3n) is 2.68. The van der Waals surface area contributed by atoms with E-state index in [4.69, 9.17) is 5.73 Å². The number of primary amides is 1. The van der Waals surface area contributed by atoms with Gasteiger partial charge >= 0.3 is 6.16 Å². The van der Waals surface area contributed by atoms with Gasteiger partial charge in [0.05, 0.1) is 6.26 Å². The summed E-state index contributed by atoms with van der Waals surface area (Å²) in [6.07, 6.45) is 4.23. The van der Waals surface area contributed by atoms with Gasteiger partial charge in [-0.3, -0.25) is 9.59 Å². The molecule has 0 saturated carbocycles. The summed E-state index contributed by atoms with van der Waals surface area (Å²) in [5.41, 5.74) is 5.72. The van der Waals surface area contributed by atoms with E-state index < -0.39 is 23.4 Å². The summed E-state index contributed by atoms with van der Waals surface area (Å²) in [5.74, 6) is -1.52. The largest absolute Gasteiger partial charge is 0.538 e. The molecule has 3 N–H and O–H groups in total. The fourth-order valence-electron chi connectivity index (χ4n) is 1.65. The maximum atomic E-state index is 11.9. The lowest BCUT2D eigenvalue weighted by Crippen LogP contribution is -2.50. The number of amides is 2. The Morgan fingerprint density at radius 3 is 2.61 bits per heavy atom. The highest BCUT2D eigenvalue weighted by Crippen LogP contribution is 2.32. The Morgan fingerprint density at radius 2 is 2.11 bits per heavy atom. The van der Waals surface area contributed by atoms with Gasteiger partial charge in [0.25, 0.3) is 5.91 Å². The topological polar surface area (TPSA) is 108 Å². The van der Waals surface area contributed by atoms with Gasteiger partial charge in [-0.1, -0.05) is 18.7 Å². The van der Waals surface area contributed by atoms with Gasteiger partial charge < -0.3 is 15.3 Å². The van der Waals surface area contributed by atoms with Crippen LogP contribution in [0.5, 0.6) is 0 Å². The standard InChI is InChI=1S/C11H14N2O5/c1-2-17-10(16)18-13-9(15)11(8(12)14)6-4-3-5-7-11/h2-4H,1,5-7H2,(H2,12,14)(H,13,15). The van der Waals surface area contributed by atoms with Crippen molar-refractivity contribution in [3.8, 4) is 0 Å². The first-order chi connectivity index (χ1) is 8.53. The molecule has 0 heterocycles. The molecule has 1 unspecified atom stereocenters. The van der Waals surface area contributed by atoms with Crippen LogP contribution >= 0.6 is 0 Å². The Labute approximate surface area is 104 Å². The average Bonchev–Trinajstić information content (AvgIpc) is 2.37. The Kier molecular flexibility index (Phi) is 4.47. The van der Waals surface area contributed by atoms with Crippen molar-refractivity contribution in [3.63, 3.8) is 0 Å². The molecule has 7 nitrogen and oxygen atoms in total. The summed E-state index contributed by atoms with van der Waals surface area (Å²) in [4.78, 5) is 38.4. The highest BCUT2D eigenvalue weighted by molar-refractivity contribution is 6.04. The molecule has 1 aliphatic carbocycles. The molecular weight excluding hydrogens is 240 g/mol. The van der Waals surface area contributed by atoms with Gasteiger partial charge in [-0.15, -0.1) is 0 Å². The molecule has 0 fully saturated rings. The molecule has 0 spiro atoms. The van der Waals surface area contributed by atoms with Crippen LogP contribution in [0.15, 0.2) is 25.0 Å². The van der Waals surface area contributed by atoms with Crippen molar-refractivity contribution in [1.82, 2.24) is 5.48 Å². The molecule has 0 aromatic carbocycles. The number of hydrogen-bond acceptors (Lipinski definition) is 5. The van der Waals surface area contributed by atoms with Crippen LogP contribution in [-0.2, 0) is 19.2 Å². The molecule has 1 atom stereocenters. The third kappa shape index (κ3) is 2.88. The number of allylic oxidation sites excluding steroid dienone is 2. The maximum absolute atomic E-state index is 11.9. The fraction of sp³-hybridized carbons (Fsp3) is 0.364. The Morgan fingerprint density at radius 1 is 1.39 bits per heavy atom. The van der Waals surface area contributed by atoms with Crippen LogP contribution in [0.2, 0.25) is 0 Å². The molecule has 0 aromatic heterocycles. The van der Waals surface area contributed by atoms with Gasteiger partial charge in [0.15, 0.2) is 0 Å². The number of carbonyl (C=O) groups is 3. The molecular formula is C11H14N2O5.